The van der Waals surface area contributed by atoms with Crippen LogP contribution in [-0.2, 0) is 6.54 Å². The van der Waals surface area contributed by atoms with Crippen LogP contribution in [0.5, 0.6) is 0 Å². The highest BCUT2D eigenvalue weighted by Gasteiger charge is 2.11. The molecule has 124 valence electrons. The SMILES string of the molecule is Cc1cccc(Nc2nc(=O)c(Cl)cn2CC2=CC=CCC2)c1C. The van der Waals surface area contributed by atoms with Crippen molar-refractivity contribution in [1.82, 2.24) is 9.55 Å². The molecule has 0 unspecified atom stereocenters. The van der Waals surface area contributed by atoms with Crippen molar-refractivity contribution in [2.24, 2.45) is 0 Å². The van der Waals surface area contributed by atoms with Crippen molar-refractivity contribution in [1.29, 1.82) is 0 Å². The molecular weight excluding hydrogens is 322 g/mol. The van der Waals surface area contributed by atoms with Gasteiger partial charge in [-0.3, -0.25) is 4.79 Å². The largest absolute Gasteiger partial charge is 0.325 e. The van der Waals surface area contributed by atoms with Gasteiger partial charge in [-0.05, 0) is 43.9 Å². The molecule has 5 heteroatoms. The van der Waals surface area contributed by atoms with E-state index in [1.807, 2.05) is 23.6 Å². The van der Waals surface area contributed by atoms with Crippen LogP contribution in [0.4, 0.5) is 11.6 Å². The van der Waals surface area contributed by atoms with Crippen LogP contribution in [0.2, 0.25) is 5.02 Å². The smallest absolute Gasteiger partial charge is 0.293 e. The minimum Gasteiger partial charge on any atom is -0.325 e. The molecule has 0 saturated heterocycles. The van der Waals surface area contributed by atoms with Crippen molar-refractivity contribution in [2.75, 3.05) is 5.32 Å². The van der Waals surface area contributed by atoms with Gasteiger partial charge in [0.15, 0.2) is 0 Å². The third-order valence-electron chi connectivity index (χ3n) is 4.28. The van der Waals surface area contributed by atoms with Crippen molar-refractivity contribution in [3.05, 3.63) is 74.7 Å². The van der Waals surface area contributed by atoms with E-state index in [4.69, 9.17) is 11.6 Å². The third kappa shape index (κ3) is 3.60. The third-order valence-corrected chi connectivity index (χ3v) is 4.54. The summed E-state index contributed by atoms with van der Waals surface area (Å²) in [5.41, 5.74) is 4.12. The molecule has 0 spiro atoms. The molecule has 1 aromatic heterocycles. The molecular formula is C19H20ClN3O. The lowest BCUT2D eigenvalue weighted by Crippen LogP contribution is -2.18. The molecule has 2 aromatic rings. The number of aromatic nitrogens is 2. The van der Waals surface area contributed by atoms with E-state index in [9.17, 15) is 4.79 Å². The molecule has 3 rings (SSSR count). The van der Waals surface area contributed by atoms with Crippen LogP contribution in [0.25, 0.3) is 0 Å². The van der Waals surface area contributed by atoms with Crippen molar-refractivity contribution >= 4 is 23.2 Å². The highest BCUT2D eigenvalue weighted by Crippen LogP contribution is 2.23. The Hall–Kier alpha value is -2.33. The van der Waals surface area contributed by atoms with Crippen molar-refractivity contribution in [3.8, 4) is 0 Å². The Balaban J connectivity index is 1.98. The van der Waals surface area contributed by atoms with E-state index in [1.54, 1.807) is 6.20 Å². The fraction of sp³-hybridized carbons (Fsp3) is 0.263. The number of benzene rings is 1. The van der Waals surface area contributed by atoms with Crippen LogP contribution in [0, 0.1) is 13.8 Å². The summed E-state index contributed by atoms with van der Waals surface area (Å²) in [6.07, 6.45) is 10.0. The zero-order valence-electron chi connectivity index (χ0n) is 13.8. The van der Waals surface area contributed by atoms with Crippen LogP contribution >= 0.6 is 11.6 Å². The zero-order valence-corrected chi connectivity index (χ0v) is 14.6. The summed E-state index contributed by atoms with van der Waals surface area (Å²) in [5.74, 6) is 0.508. The number of nitrogens with one attached hydrogen (secondary N) is 1. The van der Waals surface area contributed by atoms with Gasteiger partial charge in [-0.15, -0.1) is 0 Å². The Kier molecular flexibility index (Phi) is 4.86. The number of hydrogen-bond acceptors (Lipinski definition) is 3. The maximum atomic E-state index is 11.9. The van der Waals surface area contributed by atoms with Gasteiger partial charge in [0.25, 0.3) is 5.56 Å². The van der Waals surface area contributed by atoms with Gasteiger partial charge in [0.1, 0.15) is 5.02 Å². The molecule has 0 fully saturated rings. The number of rotatable bonds is 4. The molecule has 1 N–H and O–H groups in total. The molecule has 24 heavy (non-hydrogen) atoms. The van der Waals surface area contributed by atoms with Crippen LogP contribution < -0.4 is 10.9 Å². The van der Waals surface area contributed by atoms with Gasteiger partial charge in [-0.1, -0.05) is 47.5 Å². The van der Waals surface area contributed by atoms with Crippen molar-refractivity contribution in [3.63, 3.8) is 0 Å². The molecule has 0 atom stereocenters. The van der Waals surface area contributed by atoms with Crippen LogP contribution in [-0.4, -0.2) is 9.55 Å². The first kappa shape index (κ1) is 16.5. The lowest BCUT2D eigenvalue weighted by Gasteiger charge is -2.18. The summed E-state index contributed by atoms with van der Waals surface area (Å²) in [4.78, 5) is 16.0. The summed E-state index contributed by atoms with van der Waals surface area (Å²) < 4.78 is 1.90. The monoisotopic (exact) mass is 341 g/mol. The van der Waals surface area contributed by atoms with Gasteiger partial charge in [0.05, 0.1) is 0 Å². The zero-order chi connectivity index (χ0) is 17.1. The second-order valence-corrected chi connectivity index (χ2v) is 6.42. The number of halogens is 1. The highest BCUT2D eigenvalue weighted by atomic mass is 35.5. The summed E-state index contributed by atoms with van der Waals surface area (Å²) in [5, 5.41) is 3.42. The van der Waals surface area contributed by atoms with E-state index in [-0.39, 0.29) is 5.02 Å². The molecule has 4 nitrogen and oxygen atoms in total. The number of hydrogen-bond donors (Lipinski definition) is 1. The predicted octanol–water partition coefficient (Wildman–Crippen LogP) is 4.53. The summed E-state index contributed by atoms with van der Waals surface area (Å²) in [6.45, 7) is 4.76. The van der Waals surface area contributed by atoms with Crippen LogP contribution in [0.1, 0.15) is 24.0 Å². The minimum atomic E-state index is -0.418. The van der Waals surface area contributed by atoms with Gasteiger partial charge in [0.2, 0.25) is 5.95 Å². The highest BCUT2D eigenvalue weighted by molar-refractivity contribution is 6.30. The molecule has 0 saturated carbocycles. The normalized spacial score (nSPS) is 13.7. The predicted molar refractivity (Wildman–Crippen MR) is 99.2 cm³/mol. The first-order chi connectivity index (χ1) is 11.5. The fourth-order valence-corrected chi connectivity index (χ4v) is 2.86. The average molecular weight is 342 g/mol. The van der Waals surface area contributed by atoms with E-state index in [0.29, 0.717) is 12.5 Å². The second-order valence-electron chi connectivity index (χ2n) is 6.01. The molecule has 1 heterocycles. The lowest BCUT2D eigenvalue weighted by atomic mass is 10.1. The Morgan fingerprint density at radius 1 is 1.33 bits per heavy atom. The standard InChI is InChI=1S/C19H20ClN3O/c1-13-7-6-10-17(14(13)2)21-19-22-18(24)16(20)12-23(19)11-15-8-4-3-5-9-15/h3-4,6-8,10,12H,5,9,11H2,1-2H3,(H,21,22,24). The maximum absolute atomic E-state index is 11.9. The molecule has 1 aromatic carbocycles. The topological polar surface area (TPSA) is 46.9 Å². The van der Waals surface area contributed by atoms with Gasteiger partial charge in [-0.2, -0.15) is 4.98 Å². The summed E-state index contributed by atoms with van der Waals surface area (Å²) in [7, 11) is 0. The van der Waals surface area contributed by atoms with Crippen molar-refractivity contribution < 1.29 is 0 Å². The quantitative estimate of drug-likeness (QED) is 0.888. The molecule has 0 radical (unpaired) electrons. The lowest BCUT2D eigenvalue weighted by molar-refractivity contribution is 0.723. The molecule has 0 aliphatic heterocycles. The maximum Gasteiger partial charge on any atom is 0.293 e. The number of allylic oxidation sites excluding steroid dienone is 4. The van der Waals surface area contributed by atoms with Gasteiger partial charge in [-0.25, -0.2) is 0 Å². The molecule has 1 aliphatic rings. The Morgan fingerprint density at radius 2 is 2.17 bits per heavy atom. The summed E-state index contributed by atoms with van der Waals surface area (Å²) in [6, 6.07) is 6.02. The number of aryl methyl sites for hydroxylation is 1. The Labute approximate surface area is 146 Å². The Morgan fingerprint density at radius 3 is 2.92 bits per heavy atom. The number of anilines is 2. The first-order valence-corrected chi connectivity index (χ1v) is 8.37. The van der Waals surface area contributed by atoms with E-state index in [0.717, 1.165) is 24.1 Å². The summed E-state index contributed by atoms with van der Waals surface area (Å²) >= 11 is 6.01. The van der Waals surface area contributed by atoms with Crippen LogP contribution in [0.3, 0.4) is 0 Å². The second kappa shape index (κ2) is 7.05. The molecule has 0 bridgehead atoms. The molecule has 1 aliphatic carbocycles. The first-order valence-electron chi connectivity index (χ1n) is 7.99. The van der Waals surface area contributed by atoms with Gasteiger partial charge < -0.3 is 9.88 Å². The van der Waals surface area contributed by atoms with Gasteiger partial charge in [0, 0.05) is 18.4 Å². The van der Waals surface area contributed by atoms with Crippen LogP contribution in [0.15, 0.2) is 53.0 Å². The van der Waals surface area contributed by atoms with Gasteiger partial charge >= 0.3 is 0 Å². The number of nitrogens with zero attached hydrogens (tertiary/aromatic N) is 2. The van der Waals surface area contributed by atoms with E-state index < -0.39 is 5.56 Å². The Bertz CT molecular complexity index is 881. The minimum absolute atomic E-state index is 0.133. The van der Waals surface area contributed by atoms with E-state index >= 15 is 0 Å². The van der Waals surface area contributed by atoms with Crippen molar-refractivity contribution in [2.45, 2.75) is 33.2 Å². The fourth-order valence-electron chi connectivity index (χ4n) is 2.70. The van der Waals surface area contributed by atoms with E-state index in [2.05, 4.69) is 41.5 Å². The average Bonchev–Trinajstić information content (AvgIpc) is 2.57. The van der Waals surface area contributed by atoms with E-state index in [1.165, 1.54) is 11.1 Å². The molecule has 0 amide bonds.